The Labute approximate surface area is 140 Å². The Morgan fingerprint density at radius 3 is 2.58 bits per heavy atom. The lowest BCUT2D eigenvalue weighted by atomic mass is 9.99. The number of anilines is 1. The number of hydrogen-bond donors (Lipinski definition) is 2. The van der Waals surface area contributed by atoms with Gasteiger partial charge in [-0.15, -0.1) is 0 Å². The number of hydrogen-bond acceptors (Lipinski definition) is 5. The molecule has 0 aliphatic carbocycles. The number of aliphatic hydroxyl groups is 1. The molecule has 0 aliphatic heterocycles. The minimum atomic E-state index is -0.202. The predicted molar refractivity (Wildman–Crippen MR) is 91.9 cm³/mol. The number of rotatable bonds is 3. The fourth-order valence-corrected chi connectivity index (χ4v) is 2.72. The minimum absolute atomic E-state index is 0.159. The van der Waals surface area contributed by atoms with Crippen LogP contribution in [-0.2, 0) is 6.61 Å². The summed E-state index contributed by atoms with van der Waals surface area (Å²) < 4.78 is 5.57. The molecule has 5 heteroatoms. The molecular weight excluding hydrogens is 302 g/mol. The molecule has 0 bridgehead atoms. The predicted octanol–water partition coefficient (Wildman–Crippen LogP) is 3.57. The van der Waals surface area contributed by atoms with Crippen molar-refractivity contribution in [3.8, 4) is 28.7 Å². The van der Waals surface area contributed by atoms with Gasteiger partial charge in [-0.2, -0.15) is 5.26 Å². The molecule has 0 unspecified atom stereocenters. The quantitative estimate of drug-likeness (QED) is 0.769. The van der Waals surface area contributed by atoms with Gasteiger partial charge in [0.15, 0.2) is 0 Å². The second-order valence-corrected chi connectivity index (χ2v) is 5.67. The standard InChI is InChI=1S/C19H17N3O2/c1-11-3-5-14(12(2)7-11)17-8-15(16(9-20)19(21)22-17)18-6-4-13(10-23)24-18/h3-8,23H,10H2,1-2H3,(H2,21,22). The Bertz CT molecular complexity index is 952. The maximum Gasteiger partial charge on any atom is 0.142 e. The van der Waals surface area contributed by atoms with Gasteiger partial charge in [0.05, 0.1) is 5.69 Å². The van der Waals surface area contributed by atoms with Crippen LogP contribution in [-0.4, -0.2) is 10.1 Å². The highest BCUT2D eigenvalue weighted by Gasteiger charge is 2.17. The molecule has 0 aliphatic rings. The van der Waals surface area contributed by atoms with Crippen molar-refractivity contribution in [2.45, 2.75) is 20.5 Å². The van der Waals surface area contributed by atoms with Crippen LogP contribution in [0.25, 0.3) is 22.6 Å². The number of pyridine rings is 1. The van der Waals surface area contributed by atoms with Crippen LogP contribution in [0.3, 0.4) is 0 Å². The summed E-state index contributed by atoms with van der Waals surface area (Å²) in [5.74, 6) is 1.07. The van der Waals surface area contributed by atoms with E-state index in [4.69, 9.17) is 10.2 Å². The molecule has 0 spiro atoms. The summed E-state index contributed by atoms with van der Waals surface area (Å²) in [6.45, 7) is 3.84. The van der Waals surface area contributed by atoms with Crippen molar-refractivity contribution in [2.24, 2.45) is 0 Å². The fraction of sp³-hybridized carbons (Fsp3) is 0.158. The summed E-state index contributed by atoms with van der Waals surface area (Å²) in [4.78, 5) is 4.38. The van der Waals surface area contributed by atoms with Crippen molar-refractivity contribution in [3.63, 3.8) is 0 Å². The van der Waals surface area contributed by atoms with E-state index >= 15 is 0 Å². The number of nitrogen functional groups attached to an aromatic ring is 1. The van der Waals surface area contributed by atoms with E-state index in [0.29, 0.717) is 22.8 Å². The Kier molecular flexibility index (Phi) is 4.07. The van der Waals surface area contributed by atoms with E-state index in [1.807, 2.05) is 26.0 Å². The lowest BCUT2D eigenvalue weighted by Gasteiger charge is -2.11. The van der Waals surface area contributed by atoms with Gasteiger partial charge in [-0.05, 0) is 37.6 Å². The van der Waals surface area contributed by atoms with Gasteiger partial charge < -0.3 is 15.3 Å². The number of aliphatic hydroxyl groups excluding tert-OH is 1. The third-order valence-corrected chi connectivity index (χ3v) is 3.90. The lowest BCUT2D eigenvalue weighted by molar-refractivity contribution is 0.248. The fourth-order valence-electron chi connectivity index (χ4n) is 2.72. The van der Waals surface area contributed by atoms with Crippen LogP contribution in [0.4, 0.5) is 5.82 Å². The van der Waals surface area contributed by atoms with Crippen molar-refractivity contribution in [2.75, 3.05) is 5.73 Å². The molecule has 0 radical (unpaired) electrons. The SMILES string of the molecule is Cc1ccc(-c2cc(-c3ccc(CO)o3)c(C#N)c(N)n2)c(C)c1. The minimum Gasteiger partial charge on any atom is -0.459 e. The monoisotopic (exact) mass is 319 g/mol. The third-order valence-electron chi connectivity index (χ3n) is 3.90. The average Bonchev–Trinajstić information content (AvgIpc) is 3.03. The highest BCUT2D eigenvalue weighted by atomic mass is 16.4. The number of aryl methyl sites for hydroxylation is 2. The third kappa shape index (κ3) is 2.75. The highest BCUT2D eigenvalue weighted by Crippen LogP contribution is 2.33. The van der Waals surface area contributed by atoms with E-state index in [1.165, 1.54) is 0 Å². The van der Waals surface area contributed by atoms with E-state index in [2.05, 4.69) is 17.1 Å². The first-order valence-electron chi connectivity index (χ1n) is 7.51. The zero-order chi connectivity index (χ0) is 17.3. The number of nitrogens with two attached hydrogens (primary N) is 1. The van der Waals surface area contributed by atoms with Crippen LogP contribution in [0.1, 0.15) is 22.5 Å². The van der Waals surface area contributed by atoms with Crippen molar-refractivity contribution in [1.82, 2.24) is 4.98 Å². The average molecular weight is 319 g/mol. The Morgan fingerprint density at radius 2 is 1.96 bits per heavy atom. The van der Waals surface area contributed by atoms with Crippen LogP contribution >= 0.6 is 0 Å². The highest BCUT2D eigenvalue weighted by molar-refractivity contribution is 5.78. The van der Waals surface area contributed by atoms with Crippen molar-refractivity contribution < 1.29 is 9.52 Å². The zero-order valence-electron chi connectivity index (χ0n) is 13.5. The molecule has 24 heavy (non-hydrogen) atoms. The van der Waals surface area contributed by atoms with Crippen LogP contribution in [0.2, 0.25) is 0 Å². The summed E-state index contributed by atoms with van der Waals surface area (Å²) in [7, 11) is 0. The molecule has 120 valence electrons. The Hall–Kier alpha value is -3.10. The molecule has 0 saturated heterocycles. The maximum absolute atomic E-state index is 9.42. The van der Waals surface area contributed by atoms with Gasteiger partial charge >= 0.3 is 0 Å². The molecule has 0 saturated carbocycles. The first kappa shape index (κ1) is 15.8. The molecular formula is C19H17N3O2. The van der Waals surface area contributed by atoms with Gasteiger partial charge in [-0.3, -0.25) is 0 Å². The number of nitrogens with zero attached hydrogens (tertiary/aromatic N) is 2. The summed E-state index contributed by atoms with van der Waals surface area (Å²) in [6, 6.07) is 13.3. The van der Waals surface area contributed by atoms with E-state index < -0.39 is 0 Å². The molecule has 0 atom stereocenters. The van der Waals surface area contributed by atoms with E-state index in [-0.39, 0.29) is 18.0 Å². The Balaban J connectivity index is 2.22. The summed E-state index contributed by atoms with van der Waals surface area (Å²) in [5, 5.41) is 18.6. The molecule has 5 nitrogen and oxygen atoms in total. The number of nitriles is 1. The van der Waals surface area contributed by atoms with Crippen LogP contribution < -0.4 is 5.73 Å². The van der Waals surface area contributed by atoms with Gasteiger partial charge in [0.2, 0.25) is 0 Å². The first-order valence-corrected chi connectivity index (χ1v) is 7.51. The lowest BCUT2D eigenvalue weighted by Crippen LogP contribution is -2.00. The molecule has 3 rings (SSSR count). The molecule has 2 heterocycles. The van der Waals surface area contributed by atoms with Crippen LogP contribution in [0, 0.1) is 25.2 Å². The molecule has 3 aromatic rings. The number of benzene rings is 1. The maximum atomic E-state index is 9.42. The zero-order valence-corrected chi connectivity index (χ0v) is 13.5. The van der Waals surface area contributed by atoms with Gasteiger partial charge in [-0.1, -0.05) is 23.8 Å². The van der Waals surface area contributed by atoms with Gasteiger partial charge in [0.1, 0.15) is 35.6 Å². The summed E-state index contributed by atoms with van der Waals surface area (Å²) >= 11 is 0. The van der Waals surface area contributed by atoms with Gasteiger partial charge in [0.25, 0.3) is 0 Å². The molecule has 0 amide bonds. The Morgan fingerprint density at radius 1 is 1.17 bits per heavy atom. The molecule has 3 N–H and O–H groups in total. The second kappa shape index (κ2) is 6.19. The summed E-state index contributed by atoms with van der Waals surface area (Å²) in [5.41, 5.74) is 10.7. The molecule has 1 aromatic carbocycles. The first-order chi connectivity index (χ1) is 11.5. The number of aromatic nitrogens is 1. The normalized spacial score (nSPS) is 10.6. The smallest absolute Gasteiger partial charge is 0.142 e. The van der Waals surface area contributed by atoms with Crippen molar-refractivity contribution in [3.05, 3.63) is 58.8 Å². The van der Waals surface area contributed by atoms with E-state index in [9.17, 15) is 10.4 Å². The second-order valence-electron chi connectivity index (χ2n) is 5.67. The van der Waals surface area contributed by atoms with E-state index in [1.54, 1.807) is 18.2 Å². The molecule has 2 aromatic heterocycles. The topological polar surface area (TPSA) is 96.1 Å². The molecule has 0 fully saturated rings. The van der Waals surface area contributed by atoms with Gasteiger partial charge in [0, 0.05) is 11.1 Å². The summed E-state index contributed by atoms with van der Waals surface area (Å²) in [6.07, 6.45) is 0. The van der Waals surface area contributed by atoms with Gasteiger partial charge in [-0.25, -0.2) is 4.98 Å². The number of furan rings is 1. The van der Waals surface area contributed by atoms with Crippen molar-refractivity contribution >= 4 is 5.82 Å². The van der Waals surface area contributed by atoms with Crippen LogP contribution in [0.5, 0.6) is 0 Å². The van der Waals surface area contributed by atoms with E-state index in [0.717, 1.165) is 16.7 Å². The largest absolute Gasteiger partial charge is 0.459 e. The van der Waals surface area contributed by atoms with Crippen LogP contribution in [0.15, 0.2) is 40.8 Å². The van der Waals surface area contributed by atoms with Crippen molar-refractivity contribution in [1.29, 1.82) is 5.26 Å².